The van der Waals surface area contributed by atoms with Crippen molar-refractivity contribution in [2.45, 2.75) is 24.8 Å². The van der Waals surface area contributed by atoms with E-state index in [1.54, 1.807) is 0 Å². The van der Waals surface area contributed by atoms with E-state index in [-0.39, 0.29) is 5.82 Å². The zero-order valence-electron chi connectivity index (χ0n) is 9.84. The quantitative estimate of drug-likeness (QED) is 0.759. The van der Waals surface area contributed by atoms with Crippen molar-refractivity contribution < 1.29 is 19.4 Å². The second-order valence-corrected chi connectivity index (χ2v) is 4.12. The molecule has 1 aliphatic rings. The third-order valence-corrected chi connectivity index (χ3v) is 3.01. The Kier molecular flexibility index (Phi) is 3.14. The molecule has 0 unspecified atom stereocenters. The van der Waals surface area contributed by atoms with Crippen molar-refractivity contribution in [2.75, 3.05) is 12.4 Å². The Balaban J connectivity index is 2.19. The highest BCUT2D eigenvalue weighted by atomic mass is 16.5. The molecule has 1 heterocycles. The maximum Gasteiger partial charge on any atom is 0.376 e. The van der Waals surface area contributed by atoms with E-state index in [1.165, 1.54) is 19.4 Å². The number of rotatable bonds is 4. The molecule has 1 saturated carbocycles. The number of carbonyl (C=O) groups is 2. The summed E-state index contributed by atoms with van der Waals surface area (Å²) in [6, 6.07) is 1.52. The summed E-state index contributed by atoms with van der Waals surface area (Å²) in [5.41, 5.74) is -0.970. The number of nitrogens with one attached hydrogen (secondary N) is 1. The van der Waals surface area contributed by atoms with Crippen molar-refractivity contribution in [3.8, 4) is 0 Å². The molecule has 0 aromatic carbocycles. The van der Waals surface area contributed by atoms with Gasteiger partial charge < -0.3 is 15.2 Å². The van der Waals surface area contributed by atoms with Crippen LogP contribution in [0.4, 0.5) is 5.82 Å². The predicted molar refractivity (Wildman–Crippen MR) is 61.2 cm³/mol. The first kappa shape index (κ1) is 12.3. The fourth-order valence-corrected chi connectivity index (χ4v) is 1.79. The number of anilines is 1. The Morgan fingerprint density at radius 3 is 2.72 bits per heavy atom. The highest BCUT2D eigenvalue weighted by Crippen LogP contribution is 2.35. The molecule has 0 bridgehead atoms. The van der Waals surface area contributed by atoms with E-state index in [0.717, 1.165) is 6.42 Å². The Bertz CT molecular complexity index is 485. The predicted octanol–water partition coefficient (Wildman–Crippen LogP) is 0.682. The molecule has 0 amide bonds. The van der Waals surface area contributed by atoms with Crippen molar-refractivity contribution >= 4 is 17.8 Å². The van der Waals surface area contributed by atoms with Crippen LogP contribution in [-0.2, 0) is 9.53 Å². The number of aliphatic carboxylic acids is 1. The van der Waals surface area contributed by atoms with Crippen molar-refractivity contribution in [2.24, 2.45) is 0 Å². The van der Waals surface area contributed by atoms with Gasteiger partial charge in [0.15, 0.2) is 0 Å². The lowest BCUT2D eigenvalue weighted by Gasteiger charge is -2.38. The molecule has 96 valence electrons. The standard InChI is InChI=1S/C11H13N3O4/c1-18-9(15)8-12-6-3-7(13-8)14-11(10(16)17)4-2-5-11/h3,6H,2,4-5H2,1H3,(H,16,17)(H,12,13,14). The molecule has 0 saturated heterocycles. The van der Waals surface area contributed by atoms with Gasteiger partial charge in [0.05, 0.1) is 7.11 Å². The number of carboxylic acid groups (broad SMARTS) is 1. The zero-order valence-corrected chi connectivity index (χ0v) is 9.84. The molecular weight excluding hydrogens is 238 g/mol. The molecule has 1 aromatic heterocycles. The average molecular weight is 251 g/mol. The fraction of sp³-hybridized carbons (Fsp3) is 0.455. The minimum Gasteiger partial charge on any atom is -0.480 e. The van der Waals surface area contributed by atoms with E-state index in [4.69, 9.17) is 0 Å². The monoisotopic (exact) mass is 251 g/mol. The molecule has 0 atom stereocenters. The van der Waals surface area contributed by atoms with Crippen LogP contribution in [0.1, 0.15) is 29.9 Å². The Morgan fingerprint density at radius 2 is 2.22 bits per heavy atom. The molecule has 7 nitrogen and oxygen atoms in total. The number of esters is 1. The van der Waals surface area contributed by atoms with Crippen LogP contribution >= 0.6 is 0 Å². The van der Waals surface area contributed by atoms with E-state index in [1.807, 2.05) is 0 Å². The molecule has 0 radical (unpaired) electrons. The van der Waals surface area contributed by atoms with E-state index in [0.29, 0.717) is 18.7 Å². The van der Waals surface area contributed by atoms with Crippen LogP contribution in [0.5, 0.6) is 0 Å². The van der Waals surface area contributed by atoms with Crippen LogP contribution < -0.4 is 5.32 Å². The molecule has 1 aliphatic carbocycles. The van der Waals surface area contributed by atoms with Gasteiger partial charge in [-0.15, -0.1) is 0 Å². The largest absolute Gasteiger partial charge is 0.480 e. The second-order valence-electron chi connectivity index (χ2n) is 4.12. The van der Waals surface area contributed by atoms with Gasteiger partial charge in [-0.25, -0.2) is 19.6 Å². The van der Waals surface area contributed by atoms with Crippen molar-refractivity contribution in [3.05, 3.63) is 18.1 Å². The fourth-order valence-electron chi connectivity index (χ4n) is 1.79. The summed E-state index contributed by atoms with van der Waals surface area (Å²) in [5, 5.41) is 12.0. The third-order valence-electron chi connectivity index (χ3n) is 3.01. The summed E-state index contributed by atoms with van der Waals surface area (Å²) in [7, 11) is 1.23. The Labute approximate surface area is 103 Å². The van der Waals surface area contributed by atoms with Crippen LogP contribution in [0, 0.1) is 0 Å². The summed E-state index contributed by atoms with van der Waals surface area (Å²) >= 11 is 0. The van der Waals surface area contributed by atoms with Gasteiger partial charge in [-0.05, 0) is 25.3 Å². The lowest BCUT2D eigenvalue weighted by molar-refractivity contribution is -0.145. The van der Waals surface area contributed by atoms with Gasteiger partial charge in [-0.3, -0.25) is 0 Å². The first-order valence-electron chi connectivity index (χ1n) is 5.50. The SMILES string of the molecule is COC(=O)c1nccc(NC2(C(=O)O)CCC2)n1. The van der Waals surface area contributed by atoms with Gasteiger partial charge in [0.1, 0.15) is 11.4 Å². The van der Waals surface area contributed by atoms with Crippen molar-refractivity contribution in [1.29, 1.82) is 0 Å². The van der Waals surface area contributed by atoms with Gasteiger partial charge in [0, 0.05) is 6.20 Å². The Morgan fingerprint density at radius 1 is 1.50 bits per heavy atom. The summed E-state index contributed by atoms with van der Waals surface area (Å²) in [5.74, 6) is -1.35. The molecule has 1 aromatic rings. The van der Waals surface area contributed by atoms with Gasteiger partial charge in [0.25, 0.3) is 0 Å². The molecule has 1 fully saturated rings. The highest BCUT2D eigenvalue weighted by molar-refractivity contribution is 5.86. The topological polar surface area (TPSA) is 101 Å². The van der Waals surface area contributed by atoms with Crippen LogP contribution in [-0.4, -0.2) is 39.7 Å². The molecular formula is C11H13N3O4. The second kappa shape index (κ2) is 4.59. The number of methoxy groups -OCH3 is 1. The number of hydrogen-bond donors (Lipinski definition) is 2. The van der Waals surface area contributed by atoms with E-state index in [9.17, 15) is 14.7 Å². The first-order valence-corrected chi connectivity index (χ1v) is 5.50. The smallest absolute Gasteiger partial charge is 0.376 e. The number of aromatic nitrogens is 2. The van der Waals surface area contributed by atoms with Gasteiger partial charge >= 0.3 is 11.9 Å². The highest BCUT2D eigenvalue weighted by Gasteiger charge is 2.44. The lowest BCUT2D eigenvalue weighted by atomic mass is 9.77. The minimum absolute atomic E-state index is 0.0950. The number of ether oxygens (including phenoxy) is 1. The molecule has 7 heteroatoms. The van der Waals surface area contributed by atoms with Gasteiger partial charge in [-0.1, -0.05) is 0 Å². The lowest BCUT2D eigenvalue weighted by Crippen LogP contribution is -2.52. The average Bonchev–Trinajstić information content (AvgIpc) is 2.32. The van der Waals surface area contributed by atoms with Crippen LogP contribution in [0.2, 0.25) is 0 Å². The Hall–Kier alpha value is -2.18. The van der Waals surface area contributed by atoms with E-state index in [2.05, 4.69) is 20.0 Å². The molecule has 18 heavy (non-hydrogen) atoms. The minimum atomic E-state index is -0.970. The van der Waals surface area contributed by atoms with Gasteiger partial charge in [0.2, 0.25) is 5.82 Å². The molecule has 0 aliphatic heterocycles. The number of hydrogen-bond acceptors (Lipinski definition) is 6. The summed E-state index contributed by atoms with van der Waals surface area (Å²) in [4.78, 5) is 30.1. The molecule has 2 rings (SSSR count). The summed E-state index contributed by atoms with van der Waals surface area (Å²) in [6.07, 6.45) is 3.32. The number of nitrogens with zero attached hydrogens (tertiary/aromatic N) is 2. The maximum absolute atomic E-state index is 11.3. The van der Waals surface area contributed by atoms with Gasteiger partial charge in [-0.2, -0.15) is 0 Å². The summed E-state index contributed by atoms with van der Waals surface area (Å²) in [6.45, 7) is 0. The normalized spacial score (nSPS) is 16.5. The number of carboxylic acids is 1. The molecule has 2 N–H and O–H groups in total. The summed E-state index contributed by atoms with van der Waals surface area (Å²) < 4.78 is 4.50. The van der Waals surface area contributed by atoms with Crippen molar-refractivity contribution in [1.82, 2.24) is 9.97 Å². The maximum atomic E-state index is 11.3. The molecule has 0 spiro atoms. The van der Waals surface area contributed by atoms with E-state index >= 15 is 0 Å². The number of carbonyl (C=O) groups excluding carboxylic acids is 1. The van der Waals surface area contributed by atoms with Crippen LogP contribution in [0.3, 0.4) is 0 Å². The van der Waals surface area contributed by atoms with Crippen LogP contribution in [0.15, 0.2) is 12.3 Å². The van der Waals surface area contributed by atoms with E-state index < -0.39 is 17.5 Å². The third kappa shape index (κ3) is 2.11. The zero-order chi connectivity index (χ0) is 13.2. The van der Waals surface area contributed by atoms with Crippen molar-refractivity contribution in [3.63, 3.8) is 0 Å². The van der Waals surface area contributed by atoms with Crippen LogP contribution in [0.25, 0.3) is 0 Å². The first-order chi connectivity index (χ1) is 8.57.